The largest absolute Gasteiger partial charge is 0.478 e. The van der Waals surface area contributed by atoms with Gasteiger partial charge in [0.25, 0.3) is 0 Å². The lowest BCUT2D eigenvalue weighted by Gasteiger charge is -2.09. The molecule has 0 bridgehead atoms. The van der Waals surface area contributed by atoms with Crippen LogP contribution >= 0.6 is 0 Å². The van der Waals surface area contributed by atoms with Crippen LogP contribution in [0.3, 0.4) is 0 Å². The van der Waals surface area contributed by atoms with E-state index in [9.17, 15) is 18.0 Å². The molecule has 1 rings (SSSR count). The van der Waals surface area contributed by atoms with Crippen LogP contribution in [0.25, 0.3) is 0 Å². The zero-order valence-electron chi connectivity index (χ0n) is 9.71. The number of hydrogen-bond donors (Lipinski definition) is 2. The van der Waals surface area contributed by atoms with E-state index in [0.29, 0.717) is 12.0 Å². The van der Waals surface area contributed by atoms with E-state index in [-0.39, 0.29) is 10.5 Å². The number of carboxylic acid groups (broad SMARTS) is 1. The summed E-state index contributed by atoms with van der Waals surface area (Å²) < 4.78 is 23.8. The number of nitrogens with two attached hydrogens (primary N) is 1. The van der Waals surface area contributed by atoms with Crippen LogP contribution in [-0.2, 0) is 21.1 Å². The van der Waals surface area contributed by atoms with Crippen LogP contribution in [0.15, 0.2) is 23.1 Å². The Morgan fingerprint density at radius 2 is 1.94 bits per heavy atom. The monoisotopic (exact) mass is 271 g/mol. The smallest absolute Gasteiger partial charge is 0.335 e. The second kappa shape index (κ2) is 5.18. The summed E-state index contributed by atoms with van der Waals surface area (Å²) in [4.78, 5) is 21.4. The minimum absolute atomic E-state index is 0.143. The fraction of sp³-hybridized carbons (Fsp3) is 0.273. The summed E-state index contributed by atoms with van der Waals surface area (Å²) in [6.07, 6.45) is 0.410. The van der Waals surface area contributed by atoms with Crippen molar-refractivity contribution in [3.8, 4) is 0 Å². The molecular weight excluding hydrogens is 258 g/mol. The lowest BCUT2D eigenvalue weighted by Crippen LogP contribution is -2.24. The third-order valence-corrected chi connectivity index (χ3v) is 4.08. The summed E-state index contributed by atoms with van der Waals surface area (Å²) in [5.41, 5.74) is 5.19. The molecule has 1 aromatic rings. The molecule has 0 atom stereocenters. The van der Waals surface area contributed by atoms with Crippen molar-refractivity contribution in [3.05, 3.63) is 29.3 Å². The molecule has 0 aromatic heterocycles. The predicted octanol–water partition coefficient (Wildman–Crippen LogP) is 0.206. The highest BCUT2D eigenvalue weighted by Crippen LogP contribution is 2.20. The summed E-state index contributed by atoms with van der Waals surface area (Å²) in [6.45, 7) is 1.74. The molecule has 0 saturated carbocycles. The molecule has 98 valence electrons. The molecule has 0 aliphatic rings. The highest BCUT2D eigenvalue weighted by molar-refractivity contribution is 7.92. The SMILES string of the molecule is CCc1ccc(C(=O)O)cc1S(=O)(=O)CC(N)=O. The van der Waals surface area contributed by atoms with Gasteiger partial charge in [-0.25, -0.2) is 13.2 Å². The van der Waals surface area contributed by atoms with E-state index in [1.165, 1.54) is 12.1 Å². The zero-order valence-corrected chi connectivity index (χ0v) is 10.5. The number of sulfone groups is 1. The van der Waals surface area contributed by atoms with Crippen molar-refractivity contribution >= 4 is 21.7 Å². The van der Waals surface area contributed by atoms with Gasteiger partial charge in [-0.05, 0) is 24.1 Å². The van der Waals surface area contributed by atoms with Crippen molar-refractivity contribution in [1.29, 1.82) is 0 Å². The van der Waals surface area contributed by atoms with E-state index in [2.05, 4.69) is 0 Å². The molecular formula is C11H13NO5S. The molecule has 1 amide bonds. The van der Waals surface area contributed by atoms with Crippen molar-refractivity contribution in [1.82, 2.24) is 0 Å². The molecule has 0 spiro atoms. The lowest BCUT2D eigenvalue weighted by atomic mass is 10.1. The number of amides is 1. The summed E-state index contributed by atoms with van der Waals surface area (Å²) in [7, 11) is -3.90. The van der Waals surface area contributed by atoms with Crippen LogP contribution in [0.1, 0.15) is 22.8 Å². The average molecular weight is 271 g/mol. The molecule has 3 N–H and O–H groups in total. The normalized spacial score (nSPS) is 11.2. The maximum absolute atomic E-state index is 11.9. The van der Waals surface area contributed by atoms with Crippen molar-refractivity contribution < 1.29 is 23.1 Å². The molecule has 7 heteroatoms. The van der Waals surface area contributed by atoms with Crippen molar-refractivity contribution in [2.45, 2.75) is 18.2 Å². The third kappa shape index (κ3) is 3.07. The van der Waals surface area contributed by atoms with Gasteiger partial charge in [0, 0.05) is 0 Å². The maximum atomic E-state index is 11.9. The minimum Gasteiger partial charge on any atom is -0.478 e. The van der Waals surface area contributed by atoms with Crippen LogP contribution in [0, 0.1) is 0 Å². The standard InChI is InChI=1S/C11H13NO5S/c1-2-7-3-4-8(11(14)15)5-9(7)18(16,17)6-10(12)13/h3-5H,2,6H2,1H3,(H2,12,13)(H,14,15). The third-order valence-electron chi connectivity index (χ3n) is 2.36. The Balaban J connectivity index is 3.41. The number of rotatable bonds is 5. The summed E-state index contributed by atoms with van der Waals surface area (Å²) in [5.74, 6) is -3.03. The topological polar surface area (TPSA) is 115 Å². The second-order valence-electron chi connectivity index (χ2n) is 3.71. The first-order chi connectivity index (χ1) is 8.27. The van der Waals surface area contributed by atoms with Gasteiger partial charge in [-0.3, -0.25) is 4.79 Å². The van der Waals surface area contributed by atoms with Gasteiger partial charge in [0.15, 0.2) is 9.84 Å². The Morgan fingerprint density at radius 1 is 1.33 bits per heavy atom. The van der Waals surface area contributed by atoms with Crippen molar-refractivity contribution in [2.75, 3.05) is 5.75 Å². The predicted molar refractivity (Wildman–Crippen MR) is 64.0 cm³/mol. The zero-order chi connectivity index (χ0) is 13.9. The molecule has 1 aromatic carbocycles. The number of carbonyl (C=O) groups is 2. The number of benzene rings is 1. The van der Waals surface area contributed by atoms with E-state index in [4.69, 9.17) is 10.8 Å². The van der Waals surface area contributed by atoms with Crippen LogP contribution in [0.4, 0.5) is 0 Å². The summed E-state index contributed by atoms with van der Waals surface area (Å²) >= 11 is 0. The first-order valence-corrected chi connectivity index (χ1v) is 6.80. The maximum Gasteiger partial charge on any atom is 0.335 e. The molecule has 0 radical (unpaired) electrons. The first kappa shape index (κ1) is 14.2. The molecule has 0 aliphatic carbocycles. The van der Waals surface area contributed by atoms with Gasteiger partial charge in [-0.15, -0.1) is 0 Å². The minimum atomic E-state index is -3.90. The van der Waals surface area contributed by atoms with Gasteiger partial charge >= 0.3 is 5.97 Å². The van der Waals surface area contributed by atoms with Crippen LogP contribution < -0.4 is 5.73 Å². The number of carboxylic acids is 1. The Labute approximate surface area is 104 Å². The summed E-state index contributed by atoms with van der Waals surface area (Å²) in [6, 6.07) is 3.81. The number of hydrogen-bond acceptors (Lipinski definition) is 4. The lowest BCUT2D eigenvalue weighted by molar-refractivity contribution is -0.115. The quantitative estimate of drug-likeness (QED) is 0.794. The molecule has 0 unspecified atom stereocenters. The van der Waals surface area contributed by atoms with Gasteiger partial charge in [-0.2, -0.15) is 0 Å². The van der Waals surface area contributed by atoms with Crippen molar-refractivity contribution in [2.24, 2.45) is 5.73 Å². The van der Waals surface area contributed by atoms with E-state index in [0.717, 1.165) is 6.07 Å². The molecule has 0 aliphatic heterocycles. The van der Waals surface area contributed by atoms with Gasteiger partial charge in [0.2, 0.25) is 5.91 Å². The van der Waals surface area contributed by atoms with Crippen LogP contribution in [0.2, 0.25) is 0 Å². The molecule has 18 heavy (non-hydrogen) atoms. The van der Waals surface area contributed by atoms with Gasteiger partial charge in [0.05, 0.1) is 10.5 Å². The Hall–Kier alpha value is -1.89. The summed E-state index contributed by atoms with van der Waals surface area (Å²) in [5, 5.41) is 8.83. The van der Waals surface area contributed by atoms with E-state index < -0.39 is 27.5 Å². The Morgan fingerprint density at radius 3 is 2.39 bits per heavy atom. The van der Waals surface area contributed by atoms with Crippen LogP contribution in [-0.4, -0.2) is 31.2 Å². The van der Waals surface area contributed by atoms with Gasteiger partial charge in [0.1, 0.15) is 5.75 Å². The second-order valence-corrected chi connectivity index (χ2v) is 5.66. The van der Waals surface area contributed by atoms with Gasteiger partial charge < -0.3 is 10.8 Å². The first-order valence-electron chi connectivity index (χ1n) is 5.15. The Bertz CT molecular complexity index is 591. The number of primary amides is 1. The van der Waals surface area contributed by atoms with E-state index in [1.54, 1.807) is 6.92 Å². The molecule has 6 nitrogen and oxygen atoms in total. The Kier molecular flexibility index (Phi) is 4.07. The number of aryl methyl sites for hydroxylation is 1. The fourth-order valence-electron chi connectivity index (χ4n) is 1.53. The molecule has 0 heterocycles. The highest BCUT2D eigenvalue weighted by atomic mass is 32.2. The fourth-order valence-corrected chi connectivity index (χ4v) is 2.98. The van der Waals surface area contributed by atoms with Crippen molar-refractivity contribution in [3.63, 3.8) is 0 Å². The average Bonchev–Trinajstić information content (AvgIpc) is 2.26. The number of aromatic carboxylic acids is 1. The molecule has 0 saturated heterocycles. The number of carbonyl (C=O) groups excluding carboxylic acids is 1. The van der Waals surface area contributed by atoms with E-state index >= 15 is 0 Å². The molecule has 0 fully saturated rings. The van der Waals surface area contributed by atoms with Gasteiger partial charge in [-0.1, -0.05) is 13.0 Å². The highest BCUT2D eigenvalue weighted by Gasteiger charge is 2.22. The van der Waals surface area contributed by atoms with E-state index in [1.807, 2.05) is 0 Å². The van der Waals surface area contributed by atoms with Crippen LogP contribution in [0.5, 0.6) is 0 Å².